The molecule has 0 amide bonds. The second kappa shape index (κ2) is 6.00. The highest BCUT2D eigenvalue weighted by Crippen LogP contribution is 2.27. The van der Waals surface area contributed by atoms with Crippen LogP contribution in [0.3, 0.4) is 0 Å². The molecule has 3 heteroatoms. The molecule has 0 aliphatic heterocycles. The third-order valence-electron chi connectivity index (χ3n) is 3.83. The van der Waals surface area contributed by atoms with Gasteiger partial charge < -0.3 is 10.5 Å². The highest BCUT2D eigenvalue weighted by Gasteiger charge is 2.29. The number of carbonyl (C=O) groups is 1. The molecule has 0 aromatic heterocycles. The van der Waals surface area contributed by atoms with E-state index in [1.165, 1.54) is 0 Å². The zero-order valence-corrected chi connectivity index (χ0v) is 12.7. The van der Waals surface area contributed by atoms with Crippen LogP contribution in [0.2, 0.25) is 0 Å². The normalized spacial score (nSPS) is 11.2. The summed E-state index contributed by atoms with van der Waals surface area (Å²) >= 11 is 0. The van der Waals surface area contributed by atoms with E-state index in [-0.39, 0.29) is 5.78 Å². The third-order valence-corrected chi connectivity index (χ3v) is 3.83. The number of nitrogens with two attached hydrogens (primary N) is 1. The van der Waals surface area contributed by atoms with Crippen LogP contribution in [0.15, 0.2) is 48.5 Å². The Morgan fingerprint density at radius 3 is 2.43 bits per heavy atom. The molecule has 0 fully saturated rings. The highest BCUT2D eigenvalue weighted by molar-refractivity contribution is 5.91. The van der Waals surface area contributed by atoms with Gasteiger partial charge in [-0.1, -0.05) is 24.3 Å². The van der Waals surface area contributed by atoms with Gasteiger partial charge in [-0.3, -0.25) is 4.79 Å². The number of nitrogen functional groups attached to an aromatic ring is 1. The fourth-order valence-corrected chi connectivity index (χ4v) is 2.25. The van der Waals surface area contributed by atoms with Crippen LogP contribution in [0.1, 0.15) is 25.0 Å². The minimum atomic E-state index is -0.545. The molecule has 0 aliphatic rings. The van der Waals surface area contributed by atoms with Gasteiger partial charge in [0.05, 0.1) is 7.11 Å². The van der Waals surface area contributed by atoms with Crippen LogP contribution in [-0.2, 0) is 16.6 Å². The first-order valence-corrected chi connectivity index (χ1v) is 6.96. The Hall–Kier alpha value is -2.29. The average Bonchev–Trinajstić information content (AvgIpc) is 2.48. The molecule has 0 bridgehead atoms. The molecule has 2 aromatic carbocycles. The van der Waals surface area contributed by atoms with Gasteiger partial charge in [-0.15, -0.1) is 0 Å². The molecule has 3 nitrogen and oxygen atoms in total. The number of ether oxygens (including phenoxy) is 1. The first kappa shape index (κ1) is 15.1. The van der Waals surface area contributed by atoms with Crippen molar-refractivity contribution in [3.8, 4) is 5.75 Å². The lowest BCUT2D eigenvalue weighted by molar-refractivity contribution is -0.122. The van der Waals surface area contributed by atoms with Crippen LogP contribution in [0, 0.1) is 0 Å². The molecule has 21 heavy (non-hydrogen) atoms. The summed E-state index contributed by atoms with van der Waals surface area (Å²) in [6.45, 7) is 3.89. The molecule has 2 rings (SSSR count). The maximum Gasteiger partial charge on any atom is 0.147 e. The lowest BCUT2D eigenvalue weighted by atomic mass is 9.78. The van der Waals surface area contributed by atoms with Crippen molar-refractivity contribution in [1.82, 2.24) is 0 Å². The van der Waals surface area contributed by atoms with E-state index in [4.69, 9.17) is 10.5 Å². The molecule has 0 spiro atoms. The van der Waals surface area contributed by atoms with Crippen molar-refractivity contribution < 1.29 is 9.53 Å². The van der Waals surface area contributed by atoms with Crippen molar-refractivity contribution in [1.29, 1.82) is 0 Å². The zero-order valence-electron chi connectivity index (χ0n) is 12.7. The standard InChI is InChI=1S/C18H21NO2/c1-18(2,14-7-9-15(19)10-8-14)17(20)12-13-5-4-6-16(11-13)21-3/h4-11H,12,19H2,1-3H3. The van der Waals surface area contributed by atoms with Crippen LogP contribution in [0.25, 0.3) is 0 Å². The Morgan fingerprint density at radius 2 is 1.81 bits per heavy atom. The predicted octanol–water partition coefficient (Wildman–Crippen LogP) is 3.37. The second-order valence-corrected chi connectivity index (χ2v) is 5.70. The van der Waals surface area contributed by atoms with Crippen LogP contribution >= 0.6 is 0 Å². The van der Waals surface area contributed by atoms with E-state index in [0.717, 1.165) is 16.9 Å². The van der Waals surface area contributed by atoms with E-state index in [2.05, 4.69) is 0 Å². The van der Waals surface area contributed by atoms with Crippen LogP contribution in [0.5, 0.6) is 5.75 Å². The van der Waals surface area contributed by atoms with Crippen molar-refractivity contribution in [2.24, 2.45) is 0 Å². The van der Waals surface area contributed by atoms with Crippen molar-refractivity contribution in [3.05, 3.63) is 59.7 Å². The molecular formula is C18H21NO2. The quantitative estimate of drug-likeness (QED) is 0.856. The molecule has 0 atom stereocenters. The molecule has 0 saturated heterocycles. The Bertz CT molecular complexity index is 630. The minimum Gasteiger partial charge on any atom is -0.497 e. The first-order chi connectivity index (χ1) is 9.93. The van der Waals surface area contributed by atoms with Crippen molar-refractivity contribution in [2.45, 2.75) is 25.7 Å². The molecule has 110 valence electrons. The molecule has 2 aromatic rings. The Morgan fingerprint density at radius 1 is 1.14 bits per heavy atom. The van der Waals surface area contributed by atoms with E-state index in [1.54, 1.807) is 7.11 Å². The predicted molar refractivity (Wildman–Crippen MR) is 85.6 cm³/mol. The summed E-state index contributed by atoms with van der Waals surface area (Å²) < 4.78 is 5.19. The number of hydrogen-bond acceptors (Lipinski definition) is 3. The van der Waals surface area contributed by atoms with Crippen LogP contribution in [0.4, 0.5) is 5.69 Å². The van der Waals surface area contributed by atoms with Crippen LogP contribution in [-0.4, -0.2) is 12.9 Å². The van der Waals surface area contributed by atoms with Gasteiger partial charge in [-0.25, -0.2) is 0 Å². The number of carbonyl (C=O) groups excluding carboxylic acids is 1. The molecule has 0 saturated carbocycles. The Balaban J connectivity index is 2.19. The number of Topliss-reactive ketones (excluding diaryl/α,β-unsaturated/α-hetero) is 1. The summed E-state index contributed by atoms with van der Waals surface area (Å²) in [5.41, 5.74) is 7.80. The van der Waals surface area contributed by atoms with Crippen molar-refractivity contribution >= 4 is 11.5 Å². The monoisotopic (exact) mass is 283 g/mol. The van der Waals surface area contributed by atoms with Crippen LogP contribution < -0.4 is 10.5 Å². The number of benzene rings is 2. The van der Waals surface area contributed by atoms with E-state index in [9.17, 15) is 4.79 Å². The maximum atomic E-state index is 12.6. The van der Waals surface area contributed by atoms with E-state index in [0.29, 0.717) is 12.1 Å². The fourth-order valence-electron chi connectivity index (χ4n) is 2.25. The summed E-state index contributed by atoms with van der Waals surface area (Å²) in [5, 5.41) is 0. The lowest BCUT2D eigenvalue weighted by Gasteiger charge is -2.24. The summed E-state index contributed by atoms with van der Waals surface area (Å²) in [7, 11) is 1.62. The van der Waals surface area contributed by atoms with Gasteiger partial charge in [0.15, 0.2) is 0 Å². The van der Waals surface area contributed by atoms with Gasteiger partial charge in [-0.05, 0) is 49.2 Å². The lowest BCUT2D eigenvalue weighted by Crippen LogP contribution is -2.30. The smallest absolute Gasteiger partial charge is 0.147 e. The summed E-state index contributed by atoms with van der Waals surface area (Å²) in [6.07, 6.45) is 0.384. The fraction of sp³-hybridized carbons (Fsp3) is 0.278. The van der Waals surface area contributed by atoms with Gasteiger partial charge >= 0.3 is 0 Å². The molecule has 0 aliphatic carbocycles. The summed E-state index contributed by atoms with van der Waals surface area (Å²) in [4.78, 5) is 12.6. The number of methoxy groups -OCH3 is 1. The maximum absolute atomic E-state index is 12.6. The number of ketones is 1. The van der Waals surface area contributed by atoms with Gasteiger partial charge in [0.2, 0.25) is 0 Å². The number of anilines is 1. The Labute approximate surface area is 125 Å². The Kier molecular flexibility index (Phi) is 4.32. The molecule has 0 unspecified atom stereocenters. The summed E-state index contributed by atoms with van der Waals surface area (Å²) in [5.74, 6) is 0.936. The van der Waals surface area contributed by atoms with Gasteiger partial charge in [-0.2, -0.15) is 0 Å². The zero-order chi connectivity index (χ0) is 15.5. The minimum absolute atomic E-state index is 0.167. The van der Waals surface area contributed by atoms with Crippen molar-refractivity contribution in [2.75, 3.05) is 12.8 Å². The molecule has 0 heterocycles. The van der Waals surface area contributed by atoms with Gasteiger partial charge in [0.1, 0.15) is 11.5 Å². The average molecular weight is 283 g/mol. The highest BCUT2D eigenvalue weighted by atomic mass is 16.5. The topological polar surface area (TPSA) is 52.3 Å². The van der Waals surface area contributed by atoms with Gasteiger partial charge in [0.25, 0.3) is 0 Å². The number of hydrogen-bond donors (Lipinski definition) is 1. The van der Waals surface area contributed by atoms with E-state index < -0.39 is 5.41 Å². The molecular weight excluding hydrogens is 262 g/mol. The number of rotatable bonds is 5. The second-order valence-electron chi connectivity index (χ2n) is 5.70. The largest absolute Gasteiger partial charge is 0.497 e. The molecule has 0 radical (unpaired) electrons. The van der Waals surface area contributed by atoms with E-state index in [1.807, 2.05) is 62.4 Å². The van der Waals surface area contributed by atoms with E-state index >= 15 is 0 Å². The SMILES string of the molecule is COc1cccc(CC(=O)C(C)(C)c2ccc(N)cc2)c1. The van der Waals surface area contributed by atoms with Gasteiger partial charge in [0, 0.05) is 17.5 Å². The third kappa shape index (κ3) is 3.43. The summed E-state index contributed by atoms with van der Waals surface area (Å²) in [6, 6.07) is 15.1. The van der Waals surface area contributed by atoms with Crippen molar-refractivity contribution in [3.63, 3.8) is 0 Å². The first-order valence-electron chi connectivity index (χ1n) is 6.96. The molecule has 2 N–H and O–H groups in total.